The van der Waals surface area contributed by atoms with E-state index in [9.17, 15) is 19.2 Å². The average molecular weight is 385 g/mol. The largest absolute Gasteiger partial charge is 0.473 e. The first-order valence-electron chi connectivity index (χ1n) is 8.10. The van der Waals surface area contributed by atoms with E-state index in [0.717, 1.165) is 4.57 Å². The van der Waals surface area contributed by atoms with E-state index >= 15 is 0 Å². The van der Waals surface area contributed by atoms with Crippen LogP contribution in [0.25, 0.3) is 0 Å². The molecule has 0 aliphatic carbocycles. The number of rotatable bonds is 7. The summed E-state index contributed by atoms with van der Waals surface area (Å²) >= 11 is 0. The standard InChI is InChI=1S/C15H19N3O9/c1-2-3-11(19)25-7-8-6-9(27-14(22)13(20)21)12(26-8)18-5-4-10(17-24)16-15(18)23/h4-5,8-9,12,24H,2-3,6-7H2,1H3,(H,20,21)(H,16,17,23)/t8-,9?,12+/m0/s1. The SMILES string of the molecule is CCCC(=O)OC[C@@H]1CC(OC(=O)C(=O)O)[C@H](n2ccc(NO)nc2=O)O1. The summed E-state index contributed by atoms with van der Waals surface area (Å²) in [5, 5.41) is 17.5. The molecule has 2 rings (SSSR count). The van der Waals surface area contributed by atoms with E-state index in [2.05, 4.69) is 4.98 Å². The maximum absolute atomic E-state index is 12.1. The fraction of sp³-hybridized carbons (Fsp3) is 0.533. The van der Waals surface area contributed by atoms with Crippen LogP contribution >= 0.6 is 0 Å². The number of nitrogens with zero attached hydrogens (tertiary/aromatic N) is 2. The minimum Gasteiger partial charge on any atom is -0.473 e. The van der Waals surface area contributed by atoms with Crippen LogP contribution in [0.15, 0.2) is 17.1 Å². The Bertz CT molecular complexity index is 763. The normalized spacial score (nSPS) is 21.5. The number of aliphatic carboxylic acids is 1. The van der Waals surface area contributed by atoms with Gasteiger partial charge in [0.25, 0.3) is 0 Å². The Hall–Kier alpha value is -2.99. The van der Waals surface area contributed by atoms with Gasteiger partial charge < -0.3 is 19.3 Å². The van der Waals surface area contributed by atoms with Gasteiger partial charge in [0.1, 0.15) is 6.61 Å². The van der Waals surface area contributed by atoms with Crippen molar-refractivity contribution >= 4 is 23.7 Å². The molecule has 12 nitrogen and oxygen atoms in total. The van der Waals surface area contributed by atoms with Gasteiger partial charge in [-0.3, -0.25) is 20.0 Å². The molecule has 1 unspecified atom stereocenters. The zero-order valence-corrected chi connectivity index (χ0v) is 14.4. The second-order valence-electron chi connectivity index (χ2n) is 5.68. The van der Waals surface area contributed by atoms with Gasteiger partial charge in [0.2, 0.25) is 0 Å². The van der Waals surface area contributed by atoms with Gasteiger partial charge in [-0.05, 0) is 12.5 Å². The number of carbonyl (C=O) groups excluding carboxylic acids is 2. The van der Waals surface area contributed by atoms with Gasteiger partial charge in [0, 0.05) is 19.0 Å². The maximum atomic E-state index is 12.1. The number of anilines is 1. The summed E-state index contributed by atoms with van der Waals surface area (Å²) in [5.74, 6) is -3.84. The highest BCUT2D eigenvalue weighted by molar-refractivity contribution is 6.28. The zero-order chi connectivity index (χ0) is 20.0. The highest BCUT2D eigenvalue weighted by Gasteiger charge is 2.41. The number of carbonyl (C=O) groups is 3. The van der Waals surface area contributed by atoms with Crippen LogP contribution in [0.3, 0.4) is 0 Å². The molecule has 0 radical (unpaired) electrons. The third-order valence-corrected chi connectivity index (χ3v) is 3.68. The first-order valence-corrected chi connectivity index (χ1v) is 8.10. The molecular weight excluding hydrogens is 366 g/mol. The van der Waals surface area contributed by atoms with Crippen molar-refractivity contribution in [2.75, 3.05) is 12.1 Å². The highest BCUT2D eigenvalue weighted by Crippen LogP contribution is 2.31. The molecule has 2 heterocycles. The average Bonchev–Trinajstić information content (AvgIpc) is 3.02. The van der Waals surface area contributed by atoms with Crippen LogP contribution in [-0.2, 0) is 28.6 Å². The van der Waals surface area contributed by atoms with E-state index in [0.29, 0.717) is 6.42 Å². The number of aromatic nitrogens is 2. The van der Waals surface area contributed by atoms with E-state index < -0.39 is 42.0 Å². The van der Waals surface area contributed by atoms with Gasteiger partial charge in [-0.25, -0.2) is 14.4 Å². The quantitative estimate of drug-likeness (QED) is 0.319. The highest BCUT2D eigenvalue weighted by atomic mass is 16.6. The Morgan fingerprint density at radius 3 is 2.78 bits per heavy atom. The van der Waals surface area contributed by atoms with Crippen LogP contribution in [0.4, 0.5) is 5.82 Å². The number of carboxylic acids is 1. The lowest BCUT2D eigenvalue weighted by Gasteiger charge is -2.20. The van der Waals surface area contributed by atoms with Gasteiger partial charge in [0.05, 0.1) is 6.10 Å². The van der Waals surface area contributed by atoms with E-state index in [1.54, 1.807) is 5.48 Å². The van der Waals surface area contributed by atoms with Gasteiger partial charge in [0.15, 0.2) is 18.1 Å². The lowest BCUT2D eigenvalue weighted by molar-refractivity contribution is -0.171. The summed E-state index contributed by atoms with van der Waals surface area (Å²) in [6, 6.07) is 1.26. The molecule has 1 aromatic heterocycles. The van der Waals surface area contributed by atoms with Crippen molar-refractivity contribution in [3.8, 4) is 0 Å². The summed E-state index contributed by atoms with van der Waals surface area (Å²) in [6.45, 7) is 1.67. The molecule has 27 heavy (non-hydrogen) atoms. The number of ether oxygens (including phenoxy) is 3. The Morgan fingerprint density at radius 1 is 1.44 bits per heavy atom. The molecule has 1 aliphatic heterocycles. The summed E-state index contributed by atoms with van der Waals surface area (Å²) in [5.41, 5.74) is 0.877. The van der Waals surface area contributed by atoms with Crippen LogP contribution < -0.4 is 11.2 Å². The molecule has 0 aromatic carbocycles. The van der Waals surface area contributed by atoms with Crippen LogP contribution in [0.2, 0.25) is 0 Å². The first kappa shape index (κ1) is 20.3. The van der Waals surface area contributed by atoms with Crippen molar-refractivity contribution in [1.29, 1.82) is 0 Å². The smallest absolute Gasteiger partial charge is 0.417 e. The van der Waals surface area contributed by atoms with E-state index in [1.165, 1.54) is 12.3 Å². The van der Waals surface area contributed by atoms with Crippen molar-refractivity contribution in [2.45, 2.75) is 44.6 Å². The predicted octanol–water partition coefficient (Wildman–Crippen LogP) is -0.328. The zero-order valence-electron chi connectivity index (χ0n) is 14.4. The number of carboxylic acid groups (broad SMARTS) is 1. The minimum atomic E-state index is -1.79. The molecule has 0 bridgehead atoms. The van der Waals surface area contributed by atoms with Gasteiger partial charge in [-0.15, -0.1) is 0 Å². The molecule has 3 atom stereocenters. The van der Waals surface area contributed by atoms with E-state index in [-0.39, 0.29) is 25.3 Å². The molecule has 0 spiro atoms. The van der Waals surface area contributed by atoms with E-state index in [1.807, 2.05) is 6.92 Å². The maximum Gasteiger partial charge on any atom is 0.417 e. The second-order valence-corrected chi connectivity index (χ2v) is 5.68. The molecule has 3 N–H and O–H groups in total. The van der Waals surface area contributed by atoms with Crippen LogP contribution in [-0.4, -0.2) is 56.6 Å². The molecule has 1 aliphatic rings. The minimum absolute atomic E-state index is 0.00946. The molecular formula is C15H19N3O9. The monoisotopic (exact) mass is 385 g/mol. The van der Waals surface area contributed by atoms with Crippen molar-refractivity contribution in [3.05, 3.63) is 22.7 Å². The molecule has 0 saturated carbocycles. The van der Waals surface area contributed by atoms with Gasteiger partial charge >= 0.3 is 23.6 Å². The number of nitrogens with one attached hydrogen (secondary N) is 1. The van der Waals surface area contributed by atoms with Crippen molar-refractivity contribution in [1.82, 2.24) is 9.55 Å². The van der Waals surface area contributed by atoms with Gasteiger partial charge in [-0.2, -0.15) is 4.98 Å². The summed E-state index contributed by atoms with van der Waals surface area (Å²) in [6.07, 6.45) is -0.928. The molecule has 148 valence electrons. The Labute approximate surface area is 152 Å². The number of hydrogen-bond acceptors (Lipinski definition) is 10. The molecule has 0 amide bonds. The third kappa shape index (κ3) is 5.24. The topological polar surface area (TPSA) is 166 Å². The first-order chi connectivity index (χ1) is 12.8. The Balaban J connectivity index is 2.17. The van der Waals surface area contributed by atoms with Crippen molar-refractivity contribution < 1.29 is 38.9 Å². The molecule has 1 aromatic rings. The van der Waals surface area contributed by atoms with Gasteiger partial charge in [-0.1, -0.05) is 6.92 Å². The lowest BCUT2D eigenvalue weighted by Crippen LogP contribution is -2.35. The predicted molar refractivity (Wildman–Crippen MR) is 85.8 cm³/mol. The number of hydrogen-bond donors (Lipinski definition) is 3. The van der Waals surface area contributed by atoms with Crippen LogP contribution in [0.5, 0.6) is 0 Å². The number of esters is 2. The Kier molecular flexibility index (Phi) is 6.85. The lowest BCUT2D eigenvalue weighted by atomic mass is 10.2. The molecule has 12 heteroatoms. The van der Waals surface area contributed by atoms with Crippen LogP contribution in [0, 0.1) is 0 Å². The molecule has 1 fully saturated rings. The van der Waals surface area contributed by atoms with E-state index in [4.69, 9.17) is 24.5 Å². The third-order valence-electron chi connectivity index (χ3n) is 3.68. The summed E-state index contributed by atoms with van der Waals surface area (Å²) in [4.78, 5) is 49.3. The Morgan fingerprint density at radius 2 is 2.19 bits per heavy atom. The van der Waals surface area contributed by atoms with Crippen molar-refractivity contribution in [3.63, 3.8) is 0 Å². The van der Waals surface area contributed by atoms with Crippen LogP contribution in [0.1, 0.15) is 32.4 Å². The summed E-state index contributed by atoms with van der Waals surface area (Å²) in [7, 11) is 0. The summed E-state index contributed by atoms with van der Waals surface area (Å²) < 4.78 is 16.5. The van der Waals surface area contributed by atoms with Crippen molar-refractivity contribution in [2.24, 2.45) is 0 Å². The second kappa shape index (κ2) is 9.09. The molecule has 1 saturated heterocycles. The fourth-order valence-corrected chi connectivity index (χ4v) is 2.49. The fourth-order valence-electron chi connectivity index (χ4n) is 2.49.